The van der Waals surface area contributed by atoms with Crippen molar-refractivity contribution in [1.29, 1.82) is 0 Å². The summed E-state index contributed by atoms with van der Waals surface area (Å²) in [5.41, 5.74) is -0.485. The second-order valence-corrected chi connectivity index (χ2v) is 8.15. The van der Waals surface area contributed by atoms with E-state index in [2.05, 4.69) is 10.2 Å². The van der Waals surface area contributed by atoms with Crippen molar-refractivity contribution in [3.05, 3.63) is 5.89 Å². The van der Waals surface area contributed by atoms with Crippen molar-refractivity contribution in [3.63, 3.8) is 0 Å². The summed E-state index contributed by atoms with van der Waals surface area (Å²) in [6.07, 6.45) is 1.74. The van der Waals surface area contributed by atoms with E-state index in [0.717, 1.165) is 19.4 Å². The first-order valence-corrected chi connectivity index (χ1v) is 9.22. The molecule has 0 aliphatic carbocycles. The van der Waals surface area contributed by atoms with Crippen LogP contribution in [-0.2, 0) is 14.8 Å². The number of aromatic nitrogens is 2. The molecule has 0 N–H and O–H groups in total. The fraction of sp³-hybridized carbons (Fsp3) is 0.846. The molecule has 1 aromatic heterocycles. The minimum atomic E-state index is -3.19. The van der Waals surface area contributed by atoms with Crippen LogP contribution >= 0.6 is 0 Å². The number of hydrogen-bond acceptors (Lipinski definition) is 7. The van der Waals surface area contributed by atoms with E-state index in [-0.39, 0.29) is 5.75 Å². The lowest BCUT2D eigenvalue weighted by atomic mass is 9.91. The maximum Gasteiger partial charge on any atom is 0.318 e. The molecule has 3 heterocycles. The van der Waals surface area contributed by atoms with E-state index in [0.29, 0.717) is 38.1 Å². The summed E-state index contributed by atoms with van der Waals surface area (Å²) < 4.78 is 37.3. The highest BCUT2D eigenvalue weighted by atomic mass is 32.2. The lowest BCUT2D eigenvalue weighted by Crippen LogP contribution is -2.61. The van der Waals surface area contributed by atoms with Crippen LogP contribution in [0.25, 0.3) is 0 Å². The Bertz CT molecular complexity index is 628. The third kappa shape index (κ3) is 2.97. The van der Waals surface area contributed by atoms with Gasteiger partial charge in [0.2, 0.25) is 15.9 Å². The molecule has 2 saturated heterocycles. The summed E-state index contributed by atoms with van der Waals surface area (Å²) in [5.74, 6) is 0.643. The van der Waals surface area contributed by atoms with Crippen LogP contribution in [0.3, 0.4) is 0 Å². The molecule has 0 bridgehead atoms. The van der Waals surface area contributed by atoms with Gasteiger partial charge in [0, 0.05) is 26.6 Å². The number of anilines is 1. The molecular formula is C13H22N4O4S. The average molecular weight is 330 g/mol. The van der Waals surface area contributed by atoms with Gasteiger partial charge in [-0.15, -0.1) is 5.10 Å². The molecule has 1 unspecified atom stereocenters. The molecule has 0 aromatic carbocycles. The number of aryl methyl sites for hydroxylation is 1. The number of nitrogens with zero attached hydrogens (tertiary/aromatic N) is 4. The first-order chi connectivity index (χ1) is 10.4. The molecule has 2 fully saturated rings. The molecule has 1 aromatic rings. The van der Waals surface area contributed by atoms with Crippen molar-refractivity contribution in [2.75, 3.05) is 43.4 Å². The molecule has 22 heavy (non-hydrogen) atoms. The Kier molecular flexibility index (Phi) is 4.13. The Hall–Kier alpha value is -1.19. The molecule has 2 aliphatic heterocycles. The minimum absolute atomic E-state index is 0.121. The van der Waals surface area contributed by atoms with Gasteiger partial charge in [-0.2, -0.15) is 4.31 Å². The normalized spacial score (nSPS) is 27.5. The molecule has 9 heteroatoms. The molecule has 0 radical (unpaired) electrons. The van der Waals surface area contributed by atoms with Gasteiger partial charge in [-0.25, -0.2) is 8.42 Å². The third-order valence-corrected chi connectivity index (χ3v) is 6.13. The van der Waals surface area contributed by atoms with Crippen LogP contribution in [0.2, 0.25) is 0 Å². The van der Waals surface area contributed by atoms with Crippen LogP contribution in [0.5, 0.6) is 0 Å². The van der Waals surface area contributed by atoms with Crippen molar-refractivity contribution in [2.24, 2.45) is 0 Å². The van der Waals surface area contributed by atoms with Crippen molar-refractivity contribution in [1.82, 2.24) is 14.5 Å². The van der Waals surface area contributed by atoms with Gasteiger partial charge in [0.05, 0.1) is 24.5 Å². The fourth-order valence-electron chi connectivity index (χ4n) is 3.15. The van der Waals surface area contributed by atoms with Crippen LogP contribution < -0.4 is 4.90 Å². The highest BCUT2D eigenvalue weighted by Crippen LogP contribution is 2.32. The van der Waals surface area contributed by atoms with Gasteiger partial charge in [0.15, 0.2) is 0 Å². The zero-order valence-electron chi connectivity index (χ0n) is 13.0. The minimum Gasteiger partial charge on any atom is -0.408 e. The highest BCUT2D eigenvalue weighted by Gasteiger charge is 2.44. The molecule has 1 atom stereocenters. The van der Waals surface area contributed by atoms with Crippen LogP contribution in [0.1, 0.15) is 25.7 Å². The maximum absolute atomic E-state index is 12.2. The average Bonchev–Trinajstić information content (AvgIpc) is 2.94. The highest BCUT2D eigenvalue weighted by molar-refractivity contribution is 7.89. The van der Waals surface area contributed by atoms with E-state index in [1.165, 1.54) is 0 Å². The summed E-state index contributed by atoms with van der Waals surface area (Å²) in [6.45, 7) is 6.06. The third-order valence-electron chi connectivity index (χ3n) is 4.30. The van der Waals surface area contributed by atoms with E-state index in [4.69, 9.17) is 9.15 Å². The predicted molar refractivity (Wildman–Crippen MR) is 80.2 cm³/mol. The van der Waals surface area contributed by atoms with Crippen molar-refractivity contribution >= 4 is 16.0 Å². The van der Waals surface area contributed by atoms with Gasteiger partial charge in [-0.3, -0.25) is 0 Å². The standard InChI is InChI=1S/C13H22N4O4S/c1-3-22(18,19)17-7-8-20-13(10-17)5-4-6-16(9-13)12-15-14-11(2)21-12/h3-10H2,1-2H3. The van der Waals surface area contributed by atoms with Crippen LogP contribution in [0.4, 0.5) is 6.01 Å². The van der Waals surface area contributed by atoms with Gasteiger partial charge >= 0.3 is 6.01 Å². The Morgan fingerprint density at radius 2 is 2.09 bits per heavy atom. The Balaban J connectivity index is 1.77. The number of piperidine rings is 1. The Morgan fingerprint density at radius 3 is 2.77 bits per heavy atom. The lowest BCUT2D eigenvalue weighted by molar-refractivity contribution is -0.0955. The number of ether oxygens (including phenoxy) is 1. The van der Waals surface area contributed by atoms with Gasteiger partial charge < -0.3 is 14.1 Å². The Morgan fingerprint density at radius 1 is 1.27 bits per heavy atom. The second kappa shape index (κ2) is 5.78. The van der Waals surface area contributed by atoms with Crippen LogP contribution in [0, 0.1) is 6.92 Å². The molecule has 0 amide bonds. The summed E-state index contributed by atoms with van der Waals surface area (Å²) in [7, 11) is -3.19. The molecular weight excluding hydrogens is 308 g/mol. The SMILES string of the molecule is CCS(=O)(=O)N1CCOC2(CCCN(c3nnc(C)o3)C2)C1. The van der Waals surface area contributed by atoms with E-state index >= 15 is 0 Å². The predicted octanol–water partition coefficient (Wildman–Crippen LogP) is 0.399. The van der Waals surface area contributed by atoms with Gasteiger partial charge in [-0.1, -0.05) is 5.10 Å². The molecule has 2 aliphatic rings. The number of rotatable bonds is 3. The van der Waals surface area contributed by atoms with Gasteiger partial charge in [0.1, 0.15) is 0 Å². The maximum atomic E-state index is 12.2. The van der Waals surface area contributed by atoms with E-state index in [9.17, 15) is 8.42 Å². The van der Waals surface area contributed by atoms with Crippen molar-refractivity contribution in [2.45, 2.75) is 32.3 Å². The van der Waals surface area contributed by atoms with E-state index in [1.807, 2.05) is 4.90 Å². The largest absolute Gasteiger partial charge is 0.408 e. The van der Waals surface area contributed by atoms with Gasteiger partial charge in [0.25, 0.3) is 0 Å². The van der Waals surface area contributed by atoms with Crippen LogP contribution in [-0.4, -0.2) is 67.1 Å². The summed E-state index contributed by atoms with van der Waals surface area (Å²) >= 11 is 0. The Labute approximate surface area is 130 Å². The smallest absolute Gasteiger partial charge is 0.318 e. The lowest BCUT2D eigenvalue weighted by Gasteiger charge is -2.47. The summed E-state index contributed by atoms with van der Waals surface area (Å²) in [5, 5.41) is 7.91. The molecule has 1 spiro atoms. The quantitative estimate of drug-likeness (QED) is 0.792. The summed E-state index contributed by atoms with van der Waals surface area (Å²) in [6, 6.07) is 0.482. The molecule has 8 nitrogen and oxygen atoms in total. The number of sulfonamides is 1. The molecule has 3 rings (SSSR count). The van der Waals surface area contributed by atoms with E-state index < -0.39 is 15.6 Å². The summed E-state index contributed by atoms with van der Waals surface area (Å²) in [4.78, 5) is 1.99. The molecule has 0 saturated carbocycles. The number of morpholine rings is 1. The van der Waals surface area contributed by atoms with E-state index in [1.54, 1.807) is 18.2 Å². The first-order valence-electron chi connectivity index (χ1n) is 7.61. The molecule has 124 valence electrons. The number of hydrogen-bond donors (Lipinski definition) is 0. The van der Waals surface area contributed by atoms with Crippen molar-refractivity contribution < 1.29 is 17.6 Å². The first kappa shape index (κ1) is 15.7. The van der Waals surface area contributed by atoms with Gasteiger partial charge in [-0.05, 0) is 19.8 Å². The second-order valence-electron chi connectivity index (χ2n) is 5.89. The topological polar surface area (TPSA) is 88.8 Å². The fourth-order valence-corrected chi connectivity index (χ4v) is 4.30. The van der Waals surface area contributed by atoms with Crippen molar-refractivity contribution in [3.8, 4) is 0 Å². The zero-order valence-corrected chi connectivity index (χ0v) is 13.8. The monoisotopic (exact) mass is 330 g/mol. The zero-order chi connectivity index (χ0) is 15.8. The van der Waals surface area contributed by atoms with Crippen LogP contribution in [0.15, 0.2) is 4.42 Å².